The van der Waals surface area contributed by atoms with Crippen LogP contribution in [0.25, 0.3) is 11.5 Å². The summed E-state index contributed by atoms with van der Waals surface area (Å²) in [6.45, 7) is 3.73. The number of benzene rings is 2. The van der Waals surface area contributed by atoms with Crippen molar-refractivity contribution >= 4 is 18.1 Å². The average Bonchev–Trinajstić information content (AvgIpc) is 3.09. The molecule has 0 aliphatic carbocycles. The third-order valence-corrected chi connectivity index (χ3v) is 4.58. The molecule has 0 fully saturated rings. The first kappa shape index (κ1) is 20.8. The number of ether oxygens (including phenoxy) is 1. The molecule has 1 amide bonds. The molecule has 0 aliphatic rings. The van der Waals surface area contributed by atoms with Crippen molar-refractivity contribution in [3.05, 3.63) is 64.5 Å². The van der Waals surface area contributed by atoms with Crippen LogP contribution in [0.3, 0.4) is 0 Å². The van der Waals surface area contributed by atoms with Gasteiger partial charge in [0, 0.05) is 24.7 Å². The number of rotatable bonds is 8. The summed E-state index contributed by atoms with van der Waals surface area (Å²) >= 11 is 5.32. The van der Waals surface area contributed by atoms with E-state index in [0.29, 0.717) is 36.1 Å². The fraction of sp³-hybridized carbons (Fsp3) is 0.286. The van der Waals surface area contributed by atoms with Gasteiger partial charge in [0.25, 0.3) is 10.7 Å². The summed E-state index contributed by atoms with van der Waals surface area (Å²) in [7, 11) is 3.59. The van der Waals surface area contributed by atoms with Gasteiger partial charge in [-0.2, -0.15) is 0 Å². The molecule has 0 atom stereocenters. The lowest BCUT2D eigenvalue weighted by Gasteiger charge is -2.16. The molecule has 1 N–H and O–H groups in total. The van der Waals surface area contributed by atoms with Gasteiger partial charge in [-0.25, -0.2) is 4.68 Å². The van der Waals surface area contributed by atoms with E-state index >= 15 is 0 Å². The number of nitrogens with zero attached hydrogens (tertiary/aromatic N) is 3. The smallest absolute Gasteiger partial charge is 0.288 e. The van der Waals surface area contributed by atoms with Crippen molar-refractivity contribution in [1.29, 1.82) is 0 Å². The molecular formula is C21H24N4O3S. The van der Waals surface area contributed by atoms with E-state index in [9.17, 15) is 4.79 Å². The molecule has 1 heterocycles. The highest BCUT2D eigenvalue weighted by Crippen LogP contribution is 2.21. The maximum absolute atomic E-state index is 11.6. The van der Waals surface area contributed by atoms with E-state index in [0.717, 1.165) is 16.9 Å². The van der Waals surface area contributed by atoms with Crippen molar-refractivity contribution in [3.8, 4) is 17.2 Å². The summed E-state index contributed by atoms with van der Waals surface area (Å²) in [6.07, 6.45) is 0. The van der Waals surface area contributed by atoms with Gasteiger partial charge >= 0.3 is 0 Å². The maximum atomic E-state index is 11.6. The Labute approximate surface area is 174 Å². The summed E-state index contributed by atoms with van der Waals surface area (Å²) in [5.74, 6) is 1.18. The predicted octanol–water partition coefficient (Wildman–Crippen LogP) is 3.72. The van der Waals surface area contributed by atoms with Crippen LogP contribution < -0.4 is 10.1 Å². The third kappa shape index (κ3) is 5.30. The normalized spacial score (nSPS) is 10.9. The van der Waals surface area contributed by atoms with E-state index in [4.69, 9.17) is 21.4 Å². The molecule has 0 aliphatic heterocycles. The highest BCUT2D eigenvalue weighted by atomic mass is 32.1. The van der Waals surface area contributed by atoms with E-state index in [1.165, 1.54) is 0 Å². The van der Waals surface area contributed by atoms with Crippen LogP contribution in [0.5, 0.6) is 5.75 Å². The summed E-state index contributed by atoms with van der Waals surface area (Å²) in [5, 5.41) is 7.11. The topological polar surface area (TPSA) is 72.5 Å². The second kappa shape index (κ2) is 9.49. The first-order chi connectivity index (χ1) is 14.0. The van der Waals surface area contributed by atoms with Gasteiger partial charge in [0.2, 0.25) is 5.89 Å². The van der Waals surface area contributed by atoms with Gasteiger partial charge in [-0.15, -0.1) is 5.10 Å². The Bertz CT molecular complexity index is 1010. The largest absolute Gasteiger partial charge is 0.494 e. The van der Waals surface area contributed by atoms with Crippen molar-refractivity contribution < 1.29 is 13.9 Å². The number of carbonyl (C=O) groups excluding carboxylic acids is 1. The second-order valence-corrected chi connectivity index (χ2v) is 6.91. The van der Waals surface area contributed by atoms with Crippen molar-refractivity contribution in [1.82, 2.24) is 20.0 Å². The van der Waals surface area contributed by atoms with Crippen LogP contribution in [0.4, 0.5) is 0 Å². The average molecular weight is 413 g/mol. The molecule has 1 aromatic heterocycles. The summed E-state index contributed by atoms with van der Waals surface area (Å²) in [6, 6.07) is 15.1. The zero-order valence-corrected chi connectivity index (χ0v) is 17.5. The molecule has 2 aromatic carbocycles. The molecule has 8 heteroatoms. The van der Waals surface area contributed by atoms with Gasteiger partial charge in [-0.3, -0.25) is 9.69 Å². The second-order valence-electron chi connectivity index (χ2n) is 6.56. The van der Waals surface area contributed by atoms with Crippen LogP contribution >= 0.6 is 12.2 Å². The van der Waals surface area contributed by atoms with Gasteiger partial charge in [-0.05, 0) is 68.2 Å². The van der Waals surface area contributed by atoms with Crippen LogP contribution in [-0.4, -0.2) is 41.3 Å². The lowest BCUT2D eigenvalue weighted by atomic mass is 10.1. The standard InChI is InChI=1S/C21H24N4O3S/c1-4-27-18-11-9-17(10-12-18)20-23-25(21(29)28-20)14-24(3)13-15-5-7-16(8-6-15)19(26)22-2/h5-12H,4,13-14H2,1-3H3,(H,22,26). The van der Waals surface area contributed by atoms with E-state index in [2.05, 4.69) is 15.3 Å². The summed E-state index contributed by atoms with van der Waals surface area (Å²) in [5.41, 5.74) is 2.56. The Morgan fingerprint density at radius 3 is 2.52 bits per heavy atom. The van der Waals surface area contributed by atoms with E-state index in [-0.39, 0.29) is 5.91 Å². The van der Waals surface area contributed by atoms with Crippen LogP contribution in [0.2, 0.25) is 0 Å². The van der Waals surface area contributed by atoms with Gasteiger partial charge in [0.1, 0.15) is 5.75 Å². The van der Waals surface area contributed by atoms with Crippen LogP contribution in [0, 0.1) is 4.84 Å². The lowest BCUT2D eigenvalue weighted by Crippen LogP contribution is -2.22. The van der Waals surface area contributed by atoms with Gasteiger partial charge < -0.3 is 14.5 Å². The number of aromatic nitrogens is 2. The minimum atomic E-state index is -0.0966. The van der Waals surface area contributed by atoms with Gasteiger partial charge in [0.05, 0.1) is 13.3 Å². The maximum Gasteiger partial charge on any atom is 0.288 e. The molecule has 3 rings (SSSR count). The molecule has 0 radical (unpaired) electrons. The SMILES string of the molecule is CCOc1ccc(-c2nn(CN(C)Cc3ccc(C(=O)NC)cc3)c(=S)o2)cc1. The van der Waals surface area contributed by atoms with E-state index in [1.54, 1.807) is 11.7 Å². The van der Waals surface area contributed by atoms with Gasteiger partial charge in [-0.1, -0.05) is 12.1 Å². The van der Waals surface area contributed by atoms with Crippen LogP contribution in [0.1, 0.15) is 22.8 Å². The third-order valence-electron chi connectivity index (χ3n) is 4.29. The highest BCUT2D eigenvalue weighted by Gasteiger charge is 2.11. The lowest BCUT2D eigenvalue weighted by molar-refractivity contribution is 0.0963. The van der Waals surface area contributed by atoms with E-state index in [1.807, 2.05) is 62.5 Å². The Hall–Kier alpha value is -2.97. The fourth-order valence-corrected chi connectivity index (χ4v) is 3.05. The monoisotopic (exact) mass is 412 g/mol. The Balaban J connectivity index is 1.65. The number of carbonyl (C=O) groups is 1. The predicted molar refractivity (Wildman–Crippen MR) is 113 cm³/mol. The van der Waals surface area contributed by atoms with Crippen LogP contribution in [-0.2, 0) is 13.2 Å². The van der Waals surface area contributed by atoms with Crippen molar-refractivity contribution in [2.75, 3.05) is 20.7 Å². The molecule has 0 saturated heterocycles. The molecule has 0 bridgehead atoms. The summed E-state index contributed by atoms with van der Waals surface area (Å²) < 4.78 is 12.8. The van der Waals surface area contributed by atoms with Crippen LogP contribution in [0.15, 0.2) is 52.9 Å². The molecule has 29 heavy (non-hydrogen) atoms. The summed E-state index contributed by atoms with van der Waals surface area (Å²) in [4.78, 5) is 14.0. The Morgan fingerprint density at radius 2 is 1.90 bits per heavy atom. The number of amides is 1. The van der Waals surface area contributed by atoms with Gasteiger partial charge in [0.15, 0.2) is 0 Å². The zero-order chi connectivity index (χ0) is 20.8. The molecule has 0 saturated carbocycles. The number of nitrogens with one attached hydrogen (secondary N) is 1. The highest BCUT2D eigenvalue weighted by molar-refractivity contribution is 7.71. The quantitative estimate of drug-likeness (QED) is 0.569. The zero-order valence-electron chi connectivity index (χ0n) is 16.7. The van der Waals surface area contributed by atoms with Crippen molar-refractivity contribution in [2.24, 2.45) is 0 Å². The molecule has 0 unspecified atom stereocenters. The van der Waals surface area contributed by atoms with E-state index < -0.39 is 0 Å². The molecule has 152 valence electrons. The number of hydrogen-bond donors (Lipinski definition) is 1. The number of hydrogen-bond acceptors (Lipinski definition) is 6. The first-order valence-electron chi connectivity index (χ1n) is 9.31. The van der Waals surface area contributed by atoms with Crippen molar-refractivity contribution in [2.45, 2.75) is 20.1 Å². The Kier molecular flexibility index (Phi) is 6.79. The van der Waals surface area contributed by atoms with Crippen molar-refractivity contribution in [3.63, 3.8) is 0 Å². The fourth-order valence-electron chi connectivity index (χ4n) is 2.87. The minimum absolute atomic E-state index is 0.0966. The molecule has 7 nitrogen and oxygen atoms in total. The molecule has 0 spiro atoms. The first-order valence-corrected chi connectivity index (χ1v) is 9.71. The molecular weight excluding hydrogens is 388 g/mol. The minimum Gasteiger partial charge on any atom is -0.494 e. The molecule has 3 aromatic rings. The Morgan fingerprint density at radius 1 is 1.21 bits per heavy atom.